The number of hydrogen-bond donors (Lipinski definition) is 0. The summed E-state index contributed by atoms with van der Waals surface area (Å²) < 4.78 is 1.47. The van der Waals surface area contributed by atoms with Gasteiger partial charge in [0.2, 0.25) is 5.91 Å². The minimum absolute atomic E-state index is 0.0756. The van der Waals surface area contributed by atoms with Gasteiger partial charge in [-0.1, -0.05) is 30.3 Å². The summed E-state index contributed by atoms with van der Waals surface area (Å²) in [5.74, 6) is 0.0756. The lowest BCUT2D eigenvalue weighted by atomic mass is 10.2. The standard InChI is InChI=1S/C19H22N6OS/c26-19(14-25-15-20-21-22-25)24-10-4-9-23(11-12-24)13-17-7-8-18(27-17)16-5-2-1-3-6-16/h1-3,5-8,15H,4,9-14H2. The smallest absolute Gasteiger partial charge is 0.244 e. The van der Waals surface area contributed by atoms with Crippen LogP contribution in [-0.2, 0) is 17.9 Å². The fourth-order valence-corrected chi connectivity index (χ4v) is 4.37. The summed E-state index contributed by atoms with van der Waals surface area (Å²) in [6, 6.07) is 14.9. The monoisotopic (exact) mass is 382 g/mol. The Morgan fingerprint density at radius 2 is 1.93 bits per heavy atom. The molecule has 7 nitrogen and oxygen atoms in total. The third-order valence-corrected chi connectivity index (χ3v) is 5.85. The lowest BCUT2D eigenvalue weighted by Crippen LogP contribution is -2.37. The highest BCUT2D eigenvalue weighted by Crippen LogP contribution is 2.28. The molecule has 0 atom stereocenters. The topological polar surface area (TPSA) is 67.2 Å². The molecule has 0 N–H and O–H groups in total. The highest BCUT2D eigenvalue weighted by molar-refractivity contribution is 7.15. The van der Waals surface area contributed by atoms with Crippen LogP contribution < -0.4 is 0 Å². The van der Waals surface area contributed by atoms with Crippen LogP contribution in [0.25, 0.3) is 10.4 Å². The second-order valence-electron chi connectivity index (χ2n) is 6.65. The molecule has 0 radical (unpaired) electrons. The van der Waals surface area contributed by atoms with Crippen molar-refractivity contribution in [1.29, 1.82) is 0 Å². The average Bonchev–Trinajstić information content (AvgIpc) is 3.31. The summed E-state index contributed by atoms with van der Waals surface area (Å²) in [6.45, 7) is 4.58. The van der Waals surface area contributed by atoms with Gasteiger partial charge in [0.25, 0.3) is 0 Å². The van der Waals surface area contributed by atoms with E-state index < -0.39 is 0 Å². The Morgan fingerprint density at radius 1 is 1.04 bits per heavy atom. The van der Waals surface area contributed by atoms with Gasteiger partial charge in [0, 0.05) is 42.5 Å². The molecule has 1 aliphatic rings. The Morgan fingerprint density at radius 3 is 2.74 bits per heavy atom. The summed E-state index contributed by atoms with van der Waals surface area (Å²) >= 11 is 1.85. The Kier molecular flexibility index (Phi) is 5.55. The van der Waals surface area contributed by atoms with Crippen LogP contribution in [0.4, 0.5) is 0 Å². The normalized spacial score (nSPS) is 15.6. The van der Waals surface area contributed by atoms with Gasteiger partial charge in [-0.25, -0.2) is 4.68 Å². The van der Waals surface area contributed by atoms with Crippen molar-refractivity contribution >= 4 is 17.2 Å². The van der Waals surface area contributed by atoms with Crippen molar-refractivity contribution in [1.82, 2.24) is 30.0 Å². The average molecular weight is 382 g/mol. The van der Waals surface area contributed by atoms with E-state index >= 15 is 0 Å². The molecule has 0 spiro atoms. The van der Waals surface area contributed by atoms with E-state index in [4.69, 9.17) is 0 Å². The Balaban J connectivity index is 1.32. The van der Waals surface area contributed by atoms with Crippen LogP contribution in [0.15, 0.2) is 48.8 Å². The van der Waals surface area contributed by atoms with E-state index in [9.17, 15) is 4.79 Å². The van der Waals surface area contributed by atoms with E-state index in [1.54, 1.807) is 0 Å². The molecule has 1 aliphatic heterocycles. The molecular formula is C19H22N6OS. The summed E-state index contributed by atoms with van der Waals surface area (Å²) in [5, 5.41) is 10.9. The molecular weight excluding hydrogens is 360 g/mol. The molecule has 3 aromatic rings. The summed E-state index contributed by atoms with van der Waals surface area (Å²) in [6.07, 6.45) is 2.46. The van der Waals surface area contributed by atoms with E-state index in [0.29, 0.717) is 0 Å². The number of amides is 1. The van der Waals surface area contributed by atoms with Crippen molar-refractivity contribution in [2.75, 3.05) is 26.2 Å². The predicted octanol–water partition coefficient (Wildman–Crippen LogP) is 2.14. The Bertz CT molecular complexity index is 863. The predicted molar refractivity (Wildman–Crippen MR) is 104 cm³/mol. The van der Waals surface area contributed by atoms with Gasteiger partial charge in [-0.05, 0) is 34.5 Å². The van der Waals surface area contributed by atoms with Gasteiger partial charge in [0.15, 0.2) is 0 Å². The van der Waals surface area contributed by atoms with Crippen molar-refractivity contribution in [2.24, 2.45) is 0 Å². The van der Waals surface area contributed by atoms with Crippen LogP contribution in [0.1, 0.15) is 11.3 Å². The SMILES string of the molecule is O=C(Cn1cnnn1)N1CCCN(Cc2ccc(-c3ccccc3)s2)CC1. The second-order valence-corrected chi connectivity index (χ2v) is 7.82. The van der Waals surface area contributed by atoms with Crippen LogP contribution >= 0.6 is 11.3 Å². The van der Waals surface area contributed by atoms with Gasteiger partial charge >= 0.3 is 0 Å². The number of carbonyl (C=O) groups excluding carboxylic acids is 1. The highest BCUT2D eigenvalue weighted by atomic mass is 32.1. The summed E-state index contributed by atoms with van der Waals surface area (Å²) in [4.78, 5) is 19.5. The number of rotatable bonds is 5. The molecule has 1 fully saturated rings. The molecule has 1 amide bonds. The third kappa shape index (κ3) is 4.58. The van der Waals surface area contributed by atoms with E-state index in [1.165, 1.54) is 26.3 Å². The molecule has 27 heavy (non-hydrogen) atoms. The molecule has 0 aliphatic carbocycles. The van der Waals surface area contributed by atoms with Crippen molar-refractivity contribution in [3.63, 3.8) is 0 Å². The van der Waals surface area contributed by atoms with Gasteiger partial charge in [-0.3, -0.25) is 9.69 Å². The highest BCUT2D eigenvalue weighted by Gasteiger charge is 2.20. The molecule has 8 heteroatoms. The van der Waals surface area contributed by atoms with Crippen LogP contribution in [0.3, 0.4) is 0 Å². The summed E-state index contributed by atoms with van der Waals surface area (Å²) in [5.41, 5.74) is 1.27. The molecule has 4 rings (SSSR count). The lowest BCUT2D eigenvalue weighted by Gasteiger charge is -2.21. The molecule has 0 saturated carbocycles. The van der Waals surface area contributed by atoms with Gasteiger partial charge in [0.05, 0.1) is 0 Å². The quantitative estimate of drug-likeness (QED) is 0.676. The van der Waals surface area contributed by atoms with Crippen LogP contribution in [0.5, 0.6) is 0 Å². The summed E-state index contributed by atoms with van der Waals surface area (Å²) in [7, 11) is 0. The maximum absolute atomic E-state index is 12.4. The van der Waals surface area contributed by atoms with Gasteiger partial charge in [-0.15, -0.1) is 16.4 Å². The van der Waals surface area contributed by atoms with Crippen LogP contribution in [0.2, 0.25) is 0 Å². The van der Waals surface area contributed by atoms with Gasteiger partial charge in [-0.2, -0.15) is 0 Å². The number of thiophene rings is 1. The zero-order valence-electron chi connectivity index (χ0n) is 15.1. The van der Waals surface area contributed by atoms with E-state index in [-0.39, 0.29) is 12.5 Å². The van der Waals surface area contributed by atoms with Gasteiger partial charge < -0.3 is 4.90 Å². The first kappa shape index (κ1) is 17.8. The van der Waals surface area contributed by atoms with Crippen molar-refractivity contribution in [3.05, 3.63) is 53.7 Å². The maximum Gasteiger partial charge on any atom is 0.244 e. The molecule has 1 saturated heterocycles. The number of tetrazole rings is 1. The minimum atomic E-state index is 0.0756. The molecule has 2 aromatic heterocycles. The minimum Gasteiger partial charge on any atom is -0.340 e. The second kappa shape index (κ2) is 8.41. The maximum atomic E-state index is 12.4. The first-order chi connectivity index (χ1) is 13.3. The third-order valence-electron chi connectivity index (χ3n) is 4.73. The number of benzene rings is 1. The molecule has 0 unspecified atom stereocenters. The van der Waals surface area contributed by atoms with Crippen LogP contribution in [-0.4, -0.2) is 62.1 Å². The van der Waals surface area contributed by atoms with Crippen molar-refractivity contribution < 1.29 is 4.79 Å². The van der Waals surface area contributed by atoms with E-state index in [0.717, 1.165) is 39.1 Å². The fourth-order valence-electron chi connectivity index (χ4n) is 3.31. The van der Waals surface area contributed by atoms with E-state index in [1.807, 2.05) is 22.3 Å². The van der Waals surface area contributed by atoms with Crippen molar-refractivity contribution in [2.45, 2.75) is 19.5 Å². The number of carbonyl (C=O) groups is 1. The fraction of sp³-hybridized carbons (Fsp3) is 0.368. The number of aromatic nitrogens is 4. The van der Waals surface area contributed by atoms with Crippen molar-refractivity contribution in [3.8, 4) is 10.4 Å². The van der Waals surface area contributed by atoms with E-state index in [2.05, 4.69) is 56.8 Å². The largest absolute Gasteiger partial charge is 0.340 e. The first-order valence-electron chi connectivity index (χ1n) is 9.13. The zero-order valence-corrected chi connectivity index (χ0v) is 15.9. The molecule has 140 valence electrons. The Hall–Kier alpha value is -2.58. The van der Waals surface area contributed by atoms with Crippen LogP contribution in [0, 0.1) is 0 Å². The first-order valence-corrected chi connectivity index (χ1v) is 9.94. The molecule has 1 aromatic carbocycles. The lowest BCUT2D eigenvalue weighted by molar-refractivity contribution is -0.131. The van der Waals surface area contributed by atoms with Gasteiger partial charge in [0.1, 0.15) is 12.9 Å². The molecule has 0 bridgehead atoms. The molecule has 3 heterocycles. The Labute approximate surface area is 162 Å². The number of nitrogens with zero attached hydrogens (tertiary/aromatic N) is 6. The zero-order chi connectivity index (χ0) is 18.5. The number of hydrogen-bond acceptors (Lipinski definition) is 6.